The molecule has 21 heavy (non-hydrogen) atoms. The van der Waals surface area contributed by atoms with E-state index in [2.05, 4.69) is 21.8 Å². The monoisotopic (exact) mass is 303 g/mol. The van der Waals surface area contributed by atoms with Crippen LogP contribution in [-0.4, -0.2) is 37.1 Å². The molecule has 7 heteroatoms. The zero-order valence-corrected chi connectivity index (χ0v) is 12.1. The maximum atomic E-state index is 12.5. The summed E-state index contributed by atoms with van der Waals surface area (Å²) in [5, 5.41) is 8.67. The van der Waals surface area contributed by atoms with Crippen LogP contribution in [0.4, 0.5) is 5.69 Å². The normalized spacial score (nSPS) is 10.6. The summed E-state index contributed by atoms with van der Waals surface area (Å²) < 4.78 is 26.2. The van der Waals surface area contributed by atoms with Crippen molar-refractivity contribution in [2.75, 3.05) is 18.0 Å². The molecular weight excluding hydrogens is 290 g/mol. The SMILES string of the molecule is CN(c1cccnc1)S(=O)(=O)c1cncc(C#CCO)c1. The number of aromatic nitrogens is 2. The number of hydrogen-bond acceptors (Lipinski definition) is 5. The number of pyridine rings is 2. The van der Waals surface area contributed by atoms with Gasteiger partial charge in [0.2, 0.25) is 0 Å². The first kappa shape index (κ1) is 15.0. The lowest BCUT2D eigenvalue weighted by Crippen LogP contribution is -2.26. The number of sulfonamides is 1. The molecule has 0 aliphatic rings. The third kappa shape index (κ3) is 3.37. The number of rotatable bonds is 3. The molecule has 0 spiro atoms. The van der Waals surface area contributed by atoms with Crippen molar-refractivity contribution in [3.63, 3.8) is 0 Å². The quantitative estimate of drug-likeness (QED) is 0.842. The molecule has 0 bridgehead atoms. The molecule has 0 saturated carbocycles. The van der Waals surface area contributed by atoms with Crippen LogP contribution in [0.1, 0.15) is 5.56 Å². The highest BCUT2D eigenvalue weighted by Gasteiger charge is 2.22. The van der Waals surface area contributed by atoms with Crippen molar-refractivity contribution in [1.82, 2.24) is 9.97 Å². The minimum Gasteiger partial charge on any atom is -0.384 e. The fraction of sp³-hybridized carbons (Fsp3) is 0.143. The molecule has 2 rings (SSSR count). The highest BCUT2D eigenvalue weighted by Crippen LogP contribution is 2.20. The molecule has 0 aliphatic carbocycles. The smallest absolute Gasteiger partial charge is 0.265 e. The van der Waals surface area contributed by atoms with Crippen LogP contribution in [0.2, 0.25) is 0 Å². The van der Waals surface area contributed by atoms with Crippen LogP contribution in [0.5, 0.6) is 0 Å². The molecule has 0 aliphatic heterocycles. The largest absolute Gasteiger partial charge is 0.384 e. The van der Waals surface area contributed by atoms with Gasteiger partial charge in [-0.2, -0.15) is 0 Å². The van der Waals surface area contributed by atoms with Gasteiger partial charge in [0.15, 0.2) is 0 Å². The number of hydrogen-bond donors (Lipinski definition) is 1. The highest BCUT2D eigenvalue weighted by atomic mass is 32.2. The lowest BCUT2D eigenvalue weighted by molar-refractivity contribution is 0.350. The average molecular weight is 303 g/mol. The molecular formula is C14H13N3O3S. The Hall–Kier alpha value is -2.43. The minimum absolute atomic E-state index is 0.0265. The Balaban J connectivity index is 2.40. The molecule has 0 amide bonds. The molecule has 6 nitrogen and oxygen atoms in total. The van der Waals surface area contributed by atoms with E-state index in [0.717, 1.165) is 4.31 Å². The van der Waals surface area contributed by atoms with Gasteiger partial charge in [-0.1, -0.05) is 11.8 Å². The number of anilines is 1. The summed E-state index contributed by atoms with van der Waals surface area (Å²) in [6, 6.07) is 4.72. The van der Waals surface area contributed by atoms with Crippen molar-refractivity contribution in [2.24, 2.45) is 0 Å². The van der Waals surface area contributed by atoms with E-state index in [-0.39, 0.29) is 11.5 Å². The average Bonchev–Trinajstić information content (AvgIpc) is 2.53. The first-order valence-electron chi connectivity index (χ1n) is 5.99. The molecule has 0 unspecified atom stereocenters. The standard InChI is InChI=1S/C14H13N3O3S/c1-17(13-5-2-6-15-10-13)21(19,20)14-8-12(4-3-7-18)9-16-11-14/h2,5-6,8-11,18H,7H2,1H3. The van der Waals surface area contributed by atoms with Gasteiger partial charge in [-0.25, -0.2) is 8.42 Å². The van der Waals surface area contributed by atoms with Crippen LogP contribution in [-0.2, 0) is 10.0 Å². The van der Waals surface area contributed by atoms with E-state index in [9.17, 15) is 8.42 Å². The number of aliphatic hydroxyl groups excluding tert-OH is 1. The molecule has 0 atom stereocenters. The van der Waals surface area contributed by atoms with Crippen LogP contribution >= 0.6 is 0 Å². The van der Waals surface area contributed by atoms with Crippen molar-refractivity contribution >= 4 is 15.7 Å². The zero-order valence-electron chi connectivity index (χ0n) is 11.3. The Morgan fingerprint density at radius 2 is 2.10 bits per heavy atom. The van der Waals surface area contributed by atoms with E-state index in [1.54, 1.807) is 18.3 Å². The van der Waals surface area contributed by atoms with Crippen molar-refractivity contribution in [3.05, 3.63) is 48.5 Å². The molecule has 2 aromatic heterocycles. The third-order valence-corrected chi connectivity index (χ3v) is 4.44. The summed E-state index contributed by atoms with van der Waals surface area (Å²) in [5.41, 5.74) is 0.869. The Morgan fingerprint density at radius 3 is 2.76 bits per heavy atom. The van der Waals surface area contributed by atoms with Gasteiger partial charge < -0.3 is 5.11 Å². The van der Waals surface area contributed by atoms with Gasteiger partial charge in [0.05, 0.1) is 11.9 Å². The lowest BCUT2D eigenvalue weighted by atomic mass is 10.3. The van der Waals surface area contributed by atoms with Crippen molar-refractivity contribution in [3.8, 4) is 11.8 Å². The maximum absolute atomic E-state index is 12.5. The van der Waals surface area contributed by atoms with Crippen LogP contribution in [0.25, 0.3) is 0 Å². The van der Waals surface area contributed by atoms with Crippen LogP contribution in [0, 0.1) is 11.8 Å². The molecule has 1 N–H and O–H groups in total. The zero-order chi connectivity index (χ0) is 15.3. The molecule has 0 fully saturated rings. The molecule has 108 valence electrons. The summed E-state index contributed by atoms with van der Waals surface area (Å²) in [6.45, 7) is -0.299. The Labute approximate surface area is 123 Å². The van der Waals surface area contributed by atoms with Crippen LogP contribution in [0.3, 0.4) is 0 Å². The second-order valence-electron chi connectivity index (χ2n) is 4.05. The topological polar surface area (TPSA) is 83.4 Å². The lowest BCUT2D eigenvalue weighted by Gasteiger charge is -2.18. The van der Waals surface area contributed by atoms with Crippen molar-refractivity contribution in [1.29, 1.82) is 0 Å². The van der Waals surface area contributed by atoms with E-state index >= 15 is 0 Å². The van der Waals surface area contributed by atoms with Gasteiger partial charge in [-0.05, 0) is 18.2 Å². The predicted octanol–water partition coefficient (Wildman–Crippen LogP) is 0.645. The number of aliphatic hydroxyl groups is 1. The summed E-state index contributed by atoms with van der Waals surface area (Å²) in [7, 11) is -2.30. The first-order chi connectivity index (χ1) is 10.1. The molecule has 0 radical (unpaired) electrons. The van der Waals surface area contributed by atoms with Gasteiger partial charge in [-0.15, -0.1) is 0 Å². The second-order valence-corrected chi connectivity index (χ2v) is 6.02. The Bertz CT molecular complexity index is 780. The van der Waals surface area contributed by atoms with E-state index in [4.69, 9.17) is 5.11 Å². The molecule has 2 heterocycles. The Morgan fingerprint density at radius 1 is 1.29 bits per heavy atom. The minimum atomic E-state index is -3.74. The van der Waals surface area contributed by atoms with E-state index in [1.165, 1.54) is 31.7 Å². The summed E-state index contributed by atoms with van der Waals surface area (Å²) >= 11 is 0. The summed E-state index contributed by atoms with van der Waals surface area (Å²) in [5.74, 6) is 5.08. The molecule has 0 saturated heterocycles. The third-order valence-electron chi connectivity index (χ3n) is 2.69. The van der Waals surface area contributed by atoms with Crippen LogP contribution in [0.15, 0.2) is 47.9 Å². The fourth-order valence-electron chi connectivity index (χ4n) is 1.61. The van der Waals surface area contributed by atoms with Crippen molar-refractivity contribution < 1.29 is 13.5 Å². The first-order valence-corrected chi connectivity index (χ1v) is 7.43. The predicted molar refractivity (Wildman–Crippen MR) is 78.0 cm³/mol. The Kier molecular flexibility index (Phi) is 4.52. The van der Waals surface area contributed by atoms with Crippen LogP contribution < -0.4 is 4.31 Å². The maximum Gasteiger partial charge on any atom is 0.265 e. The summed E-state index contributed by atoms with van der Waals surface area (Å²) in [6.07, 6.45) is 5.72. The van der Waals surface area contributed by atoms with Gasteiger partial charge in [-0.3, -0.25) is 14.3 Å². The van der Waals surface area contributed by atoms with Gasteiger partial charge in [0.1, 0.15) is 11.5 Å². The number of nitrogens with zero attached hydrogens (tertiary/aromatic N) is 3. The molecule has 2 aromatic rings. The van der Waals surface area contributed by atoms with E-state index in [0.29, 0.717) is 11.3 Å². The fourth-order valence-corrected chi connectivity index (χ4v) is 2.78. The van der Waals surface area contributed by atoms with E-state index in [1.807, 2.05) is 0 Å². The highest BCUT2D eigenvalue weighted by molar-refractivity contribution is 7.92. The van der Waals surface area contributed by atoms with Crippen molar-refractivity contribution in [2.45, 2.75) is 4.90 Å². The van der Waals surface area contributed by atoms with Gasteiger partial charge in [0, 0.05) is 31.2 Å². The second kappa shape index (κ2) is 6.35. The van der Waals surface area contributed by atoms with E-state index < -0.39 is 10.0 Å². The molecule has 0 aromatic carbocycles. The summed E-state index contributed by atoms with van der Waals surface area (Å²) in [4.78, 5) is 7.80. The van der Waals surface area contributed by atoms with Gasteiger partial charge in [0.25, 0.3) is 10.0 Å². The van der Waals surface area contributed by atoms with Gasteiger partial charge >= 0.3 is 0 Å².